The van der Waals surface area contributed by atoms with Crippen LogP contribution in [0, 0.1) is 0 Å². The van der Waals surface area contributed by atoms with Gasteiger partial charge in [0, 0.05) is 33.1 Å². The summed E-state index contributed by atoms with van der Waals surface area (Å²) < 4.78 is 5.14. The normalized spacial score (nSPS) is 11.0. The summed E-state index contributed by atoms with van der Waals surface area (Å²) in [7, 11) is 1.66. The Kier molecular flexibility index (Phi) is 8.49. The van der Waals surface area contributed by atoms with E-state index in [9.17, 15) is 4.79 Å². The molecule has 3 N–H and O–H groups in total. The van der Waals surface area contributed by atoms with Crippen LogP contribution in [0.25, 0.3) is 0 Å². The molecule has 1 aromatic rings. The monoisotopic (exact) mass is 306 g/mol. The smallest absolute Gasteiger partial charge is 0.216 e. The Morgan fingerprint density at radius 3 is 2.41 bits per heavy atom. The van der Waals surface area contributed by atoms with Crippen LogP contribution in [-0.2, 0) is 11.2 Å². The van der Waals surface area contributed by atoms with Gasteiger partial charge in [0.25, 0.3) is 0 Å². The summed E-state index contributed by atoms with van der Waals surface area (Å²) in [6.07, 6.45) is 0.867. The first-order chi connectivity index (χ1) is 10.7. The molecule has 22 heavy (non-hydrogen) atoms. The minimum absolute atomic E-state index is 0.0248. The van der Waals surface area contributed by atoms with E-state index >= 15 is 0 Å². The van der Waals surface area contributed by atoms with Crippen LogP contribution in [0.1, 0.15) is 19.4 Å². The number of rotatable bonds is 8. The van der Waals surface area contributed by atoms with E-state index in [1.165, 1.54) is 12.5 Å². The maximum absolute atomic E-state index is 10.8. The van der Waals surface area contributed by atoms with E-state index in [-0.39, 0.29) is 5.91 Å². The fraction of sp³-hybridized carbons (Fsp3) is 0.500. The number of hydrogen-bond donors (Lipinski definition) is 3. The molecule has 0 fully saturated rings. The Morgan fingerprint density at radius 1 is 1.14 bits per heavy atom. The predicted molar refractivity (Wildman–Crippen MR) is 89.4 cm³/mol. The third-order valence-electron chi connectivity index (χ3n) is 2.97. The van der Waals surface area contributed by atoms with Crippen molar-refractivity contribution in [3.8, 4) is 5.75 Å². The molecule has 0 atom stereocenters. The number of carbonyl (C=O) groups is 1. The summed E-state index contributed by atoms with van der Waals surface area (Å²) in [4.78, 5) is 15.3. The van der Waals surface area contributed by atoms with Crippen LogP contribution in [0.5, 0.6) is 5.75 Å². The molecule has 1 aromatic carbocycles. The lowest BCUT2D eigenvalue weighted by molar-refractivity contribution is -0.118. The third kappa shape index (κ3) is 7.52. The molecule has 6 nitrogen and oxygen atoms in total. The molecule has 0 radical (unpaired) electrons. The number of aliphatic imine (C=N–C) groups is 1. The van der Waals surface area contributed by atoms with Gasteiger partial charge in [-0.05, 0) is 31.0 Å². The fourth-order valence-electron chi connectivity index (χ4n) is 1.85. The first kappa shape index (κ1) is 17.8. The molecule has 0 aliphatic rings. The number of methoxy groups -OCH3 is 1. The molecule has 0 heterocycles. The van der Waals surface area contributed by atoms with Crippen LogP contribution >= 0.6 is 0 Å². The average Bonchev–Trinajstić information content (AvgIpc) is 2.52. The summed E-state index contributed by atoms with van der Waals surface area (Å²) in [5, 5.41) is 9.11. The average molecular weight is 306 g/mol. The van der Waals surface area contributed by atoms with Crippen LogP contribution in [-0.4, -0.2) is 45.2 Å². The van der Waals surface area contributed by atoms with Gasteiger partial charge in [-0.15, -0.1) is 0 Å². The van der Waals surface area contributed by atoms with E-state index in [2.05, 4.69) is 20.9 Å². The second-order valence-electron chi connectivity index (χ2n) is 4.77. The van der Waals surface area contributed by atoms with Gasteiger partial charge < -0.3 is 20.7 Å². The van der Waals surface area contributed by atoms with Crippen molar-refractivity contribution in [3.05, 3.63) is 29.8 Å². The highest BCUT2D eigenvalue weighted by Crippen LogP contribution is 2.11. The van der Waals surface area contributed by atoms with Crippen molar-refractivity contribution in [2.45, 2.75) is 20.3 Å². The minimum Gasteiger partial charge on any atom is -0.497 e. The first-order valence-corrected chi connectivity index (χ1v) is 7.55. The minimum atomic E-state index is -0.0248. The third-order valence-corrected chi connectivity index (χ3v) is 2.97. The molecular weight excluding hydrogens is 280 g/mol. The molecule has 122 valence electrons. The molecule has 0 unspecified atom stereocenters. The SMILES string of the molecule is CCNC(=NCCc1ccc(OC)cc1)NCCNC(C)=O. The van der Waals surface area contributed by atoms with E-state index in [0.717, 1.165) is 24.7 Å². The molecule has 0 spiro atoms. The van der Waals surface area contributed by atoms with Crippen molar-refractivity contribution in [3.63, 3.8) is 0 Å². The molecule has 6 heteroatoms. The Balaban J connectivity index is 2.38. The number of nitrogens with one attached hydrogen (secondary N) is 3. The number of carbonyl (C=O) groups excluding carboxylic acids is 1. The second kappa shape index (κ2) is 10.5. The zero-order valence-corrected chi connectivity index (χ0v) is 13.6. The maximum Gasteiger partial charge on any atom is 0.216 e. The Hall–Kier alpha value is -2.24. The standard InChI is InChI=1S/C16H26N4O2/c1-4-17-16(20-12-11-18-13(2)21)19-10-9-14-5-7-15(22-3)8-6-14/h5-8H,4,9-12H2,1-3H3,(H,18,21)(H2,17,19,20). The Bertz CT molecular complexity index is 472. The van der Waals surface area contributed by atoms with Crippen molar-refractivity contribution in [1.82, 2.24) is 16.0 Å². The van der Waals surface area contributed by atoms with Crippen molar-refractivity contribution < 1.29 is 9.53 Å². The van der Waals surface area contributed by atoms with Gasteiger partial charge in [0.1, 0.15) is 5.75 Å². The van der Waals surface area contributed by atoms with Crippen LogP contribution < -0.4 is 20.7 Å². The van der Waals surface area contributed by atoms with Gasteiger partial charge >= 0.3 is 0 Å². The lowest BCUT2D eigenvalue weighted by Gasteiger charge is -2.11. The van der Waals surface area contributed by atoms with Crippen LogP contribution in [0.2, 0.25) is 0 Å². The quantitative estimate of drug-likeness (QED) is 0.379. The topological polar surface area (TPSA) is 74.8 Å². The van der Waals surface area contributed by atoms with E-state index in [4.69, 9.17) is 4.74 Å². The summed E-state index contributed by atoms with van der Waals surface area (Å²) in [6.45, 7) is 6.26. The maximum atomic E-state index is 10.8. The van der Waals surface area contributed by atoms with Crippen LogP contribution in [0.15, 0.2) is 29.3 Å². The van der Waals surface area contributed by atoms with E-state index in [0.29, 0.717) is 19.6 Å². The molecule has 0 aromatic heterocycles. The molecule has 1 amide bonds. The zero-order chi connectivity index (χ0) is 16.2. The van der Waals surface area contributed by atoms with E-state index < -0.39 is 0 Å². The number of amides is 1. The number of benzene rings is 1. The van der Waals surface area contributed by atoms with Crippen molar-refractivity contribution in [2.75, 3.05) is 33.3 Å². The summed E-state index contributed by atoms with van der Waals surface area (Å²) in [6, 6.07) is 8.00. The molecular formula is C16H26N4O2. The highest BCUT2D eigenvalue weighted by atomic mass is 16.5. The van der Waals surface area contributed by atoms with Gasteiger partial charge in [0.05, 0.1) is 7.11 Å². The van der Waals surface area contributed by atoms with Crippen molar-refractivity contribution >= 4 is 11.9 Å². The van der Waals surface area contributed by atoms with E-state index in [1.54, 1.807) is 7.11 Å². The molecule has 1 rings (SSSR count). The van der Waals surface area contributed by atoms with E-state index in [1.807, 2.05) is 31.2 Å². The summed E-state index contributed by atoms with van der Waals surface area (Å²) in [5.41, 5.74) is 1.22. The molecule has 0 saturated heterocycles. The molecule has 0 bridgehead atoms. The van der Waals surface area contributed by atoms with Crippen molar-refractivity contribution in [1.29, 1.82) is 0 Å². The number of nitrogens with zero attached hydrogens (tertiary/aromatic N) is 1. The largest absolute Gasteiger partial charge is 0.497 e. The zero-order valence-electron chi connectivity index (χ0n) is 13.6. The van der Waals surface area contributed by atoms with Gasteiger partial charge in [-0.2, -0.15) is 0 Å². The first-order valence-electron chi connectivity index (χ1n) is 7.55. The lowest BCUT2D eigenvalue weighted by Crippen LogP contribution is -2.41. The molecule has 0 aliphatic carbocycles. The summed E-state index contributed by atoms with van der Waals surface area (Å²) >= 11 is 0. The Labute approximate surface area is 132 Å². The lowest BCUT2D eigenvalue weighted by atomic mass is 10.1. The number of ether oxygens (including phenoxy) is 1. The number of hydrogen-bond acceptors (Lipinski definition) is 3. The van der Waals surface area contributed by atoms with Gasteiger partial charge in [-0.3, -0.25) is 9.79 Å². The van der Waals surface area contributed by atoms with Gasteiger partial charge in [-0.1, -0.05) is 12.1 Å². The van der Waals surface area contributed by atoms with Gasteiger partial charge in [0.15, 0.2) is 5.96 Å². The fourth-order valence-corrected chi connectivity index (χ4v) is 1.85. The molecule has 0 aliphatic heterocycles. The van der Waals surface area contributed by atoms with Crippen LogP contribution in [0.4, 0.5) is 0 Å². The predicted octanol–water partition coefficient (Wildman–Crippen LogP) is 0.929. The molecule has 0 saturated carbocycles. The highest BCUT2D eigenvalue weighted by Gasteiger charge is 1.98. The van der Waals surface area contributed by atoms with Gasteiger partial charge in [-0.25, -0.2) is 0 Å². The van der Waals surface area contributed by atoms with Crippen molar-refractivity contribution in [2.24, 2.45) is 4.99 Å². The van der Waals surface area contributed by atoms with Gasteiger partial charge in [0.2, 0.25) is 5.91 Å². The summed E-state index contributed by atoms with van der Waals surface area (Å²) in [5.74, 6) is 1.60. The Morgan fingerprint density at radius 2 is 1.82 bits per heavy atom. The van der Waals surface area contributed by atoms with Crippen LogP contribution in [0.3, 0.4) is 0 Å². The second-order valence-corrected chi connectivity index (χ2v) is 4.77. The highest BCUT2D eigenvalue weighted by molar-refractivity contribution is 5.79. The number of guanidine groups is 1.